The number of carbonyl (C=O) groups is 1. The molecule has 1 N–H and O–H groups in total. The lowest BCUT2D eigenvalue weighted by atomic mass is 9.91. The fraction of sp³-hybridized carbons (Fsp3) is 0.269. The largest absolute Gasteiger partial charge is 0.497 e. The highest BCUT2D eigenvalue weighted by Crippen LogP contribution is 2.38. The van der Waals surface area contributed by atoms with Gasteiger partial charge in [-0.2, -0.15) is 5.26 Å². The van der Waals surface area contributed by atoms with E-state index < -0.39 is 0 Å². The summed E-state index contributed by atoms with van der Waals surface area (Å²) >= 11 is 1.32. The van der Waals surface area contributed by atoms with Crippen LogP contribution >= 0.6 is 11.8 Å². The molecule has 0 saturated carbocycles. The number of ether oxygens (including phenoxy) is 1. The molecule has 0 fully saturated rings. The number of likely N-dealkylation sites (N-methyl/N-ethyl adjacent to an activating group) is 1. The highest BCUT2D eigenvalue weighted by Gasteiger charge is 2.25. The third-order valence-corrected chi connectivity index (χ3v) is 6.63. The van der Waals surface area contributed by atoms with Gasteiger partial charge in [0.1, 0.15) is 16.8 Å². The van der Waals surface area contributed by atoms with Crippen molar-refractivity contribution in [1.82, 2.24) is 15.2 Å². The molecule has 2 aromatic carbocycles. The highest BCUT2D eigenvalue weighted by atomic mass is 32.2. The Hall–Kier alpha value is -3.34. The normalized spacial score (nSPS) is 13.1. The average Bonchev–Trinajstić information content (AvgIpc) is 2.86. The zero-order valence-electron chi connectivity index (χ0n) is 18.8. The van der Waals surface area contributed by atoms with Gasteiger partial charge in [0.05, 0.1) is 18.4 Å². The number of thioether (sulfide) groups is 1. The second-order valence-corrected chi connectivity index (χ2v) is 8.94. The van der Waals surface area contributed by atoms with Crippen molar-refractivity contribution in [1.29, 1.82) is 5.26 Å². The Balaban J connectivity index is 1.63. The summed E-state index contributed by atoms with van der Waals surface area (Å²) < 4.78 is 5.42. The third kappa shape index (κ3) is 5.36. The molecule has 0 atom stereocenters. The Kier molecular flexibility index (Phi) is 7.28. The molecule has 1 aliphatic rings. The molecular formula is C26H26N4O2S. The quantitative estimate of drug-likeness (QED) is 0.539. The summed E-state index contributed by atoms with van der Waals surface area (Å²) in [4.78, 5) is 19.6. The molecule has 2 heterocycles. The fourth-order valence-corrected chi connectivity index (χ4v) is 4.79. The summed E-state index contributed by atoms with van der Waals surface area (Å²) in [6.45, 7) is 2.11. The van der Waals surface area contributed by atoms with E-state index in [4.69, 9.17) is 9.72 Å². The summed E-state index contributed by atoms with van der Waals surface area (Å²) in [5, 5.41) is 13.7. The minimum absolute atomic E-state index is 0.0880. The second kappa shape index (κ2) is 10.5. The van der Waals surface area contributed by atoms with Crippen molar-refractivity contribution in [2.45, 2.75) is 24.5 Å². The van der Waals surface area contributed by atoms with Gasteiger partial charge in [0.15, 0.2) is 0 Å². The molecule has 0 saturated heterocycles. The maximum atomic E-state index is 12.5. The Morgan fingerprint density at radius 1 is 1.24 bits per heavy atom. The predicted molar refractivity (Wildman–Crippen MR) is 130 cm³/mol. The number of fused-ring (bicyclic) bond motifs is 1. The molecule has 0 bridgehead atoms. The number of nitrogens with zero attached hydrogens (tertiary/aromatic N) is 3. The predicted octanol–water partition coefficient (Wildman–Crippen LogP) is 4.03. The molecule has 168 valence electrons. The number of rotatable bonds is 7. The van der Waals surface area contributed by atoms with Gasteiger partial charge >= 0.3 is 0 Å². The summed E-state index contributed by atoms with van der Waals surface area (Å²) in [6, 6.07) is 19.9. The van der Waals surface area contributed by atoms with E-state index in [-0.39, 0.29) is 11.7 Å². The Morgan fingerprint density at radius 3 is 2.82 bits per heavy atom. The van der Waals surface area contributed by atoms with Crippen molar-refractivity contribution >= 4 is 17.7 Å². The van der Waals surface area contributed by atoms with Crippen LogP contribution in [-0.4, -0.2) is 42.2 Å². The van der Waals surface area contributed by atoms with Crippen LogP contribution in [0.3, 0.4) is 0 Å². The van der Waals surface area contributed by atoms with E-state index in [9.17, 15) is 10.1 Å². The molecule has 4 rings (SSSR count). The molecular weight excluding hydrogens is 432 g/mol. The van der Waals surface area contributed by atoms with E-state index in [0.29, 0.717) is 17.1 Å². The van der Waals surface area contributed by atoms with Crippen LogP contribution in [0.5, 0.6) is 5.75 Å². The van der Waals surface area contributed by atoms with Crippen molar-refractivity contribution in [3.8, 4) is 22.9 Å². The zero-order valence-corrected chi connectivity index (χ0v) is 19.6. The fourth-order valence-electron chi connectivity index (χ4n) is 3.96. The van der Waals surface area contributed by atoms with Crippen LogP contribution in [0.1, 0.15) is 22.4 Å². The van der Waals surface area contributed by atoms with Crippen LogP contribution in [0.2, 0.25) is 0 Å². The molecule has 1 aliphatic heterocycles. The lowest BCUT2D eigenvalue weighted by molar-refractivity contribution is -0.118. The molecule has 33 heavy (non-hydrogen) atoms. The van der Waals surface area contributed by atoms with Crippen LogP contribution in [-0.2, 0) is 24.3 Å². The van der Waals surface area contributed by atoms with Gasteiger partial charge in [0.25, 0.3) is 0 Å². The first kappa shape index (κ1) is 22.8. The topological polar surface area (TPSA) is 78.2 Å². The maximum Gasteiger partial charge on any atom is 0.230 e. The van der Waals surface area contributed by atoms with Crippen molar-refractivity contribution in [2.24, 2.45) is 0 Å². The van der Waals surface area contributed by atoms with Crippen LogP contribution in [0, 0.1) is 11.3 Å². The number of benzene rings is 2. The van der Waals surface area contributed by atoms with E-state index in [1.807, 2.05) is 54.6 Å². The average molecular weight is 459 g/mol. The van der Waals surface area contributed by atoms with Gasteiger partial charge < -0.3 is 15.0 Å². The Morgan fingerprint density at radius 2 is 2.06 bits per heavy atom. The summed E-state index contributed by atoms with van der Waals surface area (Å²) in [6.07, 6.45) is 0.808. The number of aromatic nitrogens is 1. The van der Waals surface area contributed by atoms with Crippen molar-refractivity contribution < 1.29 is 9.53 Å². The molecule has 0 aliphatic carbocycles. The van der Waals surface area contributed by atoms with Crippen molar-refractivity contribution in [3.05, 3.63) is 77.0 Å². The van der Waals surface area contributed by atoms with Crippen molar-refractivity contribution in [3.63, 3.8) is 0 Å². The lowest BCUT2D eigenvalue weighted by Gasteiger charge is -2.28. The molecule has 0 spiro atoms. The van der Waals surface area contributed by atoms with Gasteiger partial charge in [0.2, 0.25) is 5.91 Å². The van der Waals surface area contributed by atoms with Gasteiger partial charge in [-0.3, -0.25) is 4.79 Å². The molecule has 1 amide bonds. The number of hydrogen-bond donors (Lipinski definition) is 1. The number of carbonyl (C=O) groups excluding carboxylic acids is 1. The third-order valence-electron chi connectivity index (χ3n) is 5.65. The van der Waals surface area contributed by atoms with Crippen LogP contribution in [0.15, 0.2) is 59.6 Å². The van der Waals surface area contributed by atoms with Gasteiger partial charge in [-0.1, -0.05) is 54.2 Å². The molecule has 0 unspecified atom stereocenters. The maximum absolute atomic E-state index is 12.5. The first-order valence-electron chi connectivity index (χ1n) is 10.8. The number of methoxy groups -OCH3 is 1. The van der Waals surface area contributed by atoms with E-state index in [1.165, 1.54) is 11.8 Å². The monoisotopic (exact) mass is 458 g/mol. The first-order valence-corrected chi connectivity index (χ1v) is 11.8. The molecule has 3 aromatic rings. The highest BCUT2D eigenvalue weighted by molar-refractivity contribution is 8.00. The van der Waals surface area contributed by atoms with Gasteiger partial charge in [-0.05, 0) is 35.9 Å². The van der Waals surface area contributed by atoms with Crippen LogP contribution in [0.4, 0.5) is 0 Å². The summed E-state index contributed by atoms with van der Waals surface area (Å²) in [5.74, 6) is 0.848. The lowest BCUT2D eigenvalue weighted by Crippen LogP contribution is -2.28. The summed E-state index contributed by atoms with van der Waals surface area (Å²) in [7, 11) is 3.71. The molecule has 0 radical (unpaired) electrons. The zero-order chi connectivity index (χ0) is 23.2. The van der Waals surface area contributed by atoms with E-state index in [2.05, 4.69) is 23.3 Å². The molecule has 6 nitrogen and oxygen atoms in total. The van der Waals surface area contributed by atoms with Crippen LogP contribution in [0.25, 0.3) is 11.1 Å². The standard InChI is InChI=1S/C26H26N4O2S/c1-30-12-11-23-22(16-30)25(19-9-6-10-20(13-19)32-2)21(14-27)26(29-23)33-17-24(31)28-15-18-7-4-3-5-8-18/h3-10,13H,11-12,15-17H2,1-2H3,(H,28,31). The number of pyridine rings is 1. The van der Waals surface area contributed by atoms with E-state index in [0.717, 1.165) is 53.2 Å². The number of hydrogen-bond acceptors (Lipinski definition) is 6. The first-order chi connectivity index (χ1) is 16.1. The Labute approximate surface area is 198 Å². The minimum atomic E-state index is -0.0880. The number of nitriles is 1. The van der Waals surface area contributed by atoms with Gasteiger partial charge in [-0.15, -0.1) is 0 Å². The second-order valence-electron chi connectivity index (χ2n) is 7.97. The molecule has 7 heteroatoms. The summed E-state index contributed by atoms with van der Waals surface area (Å²) in [5.41, 5.74) is 5.45. The number of nitrogens with one attached hydrogen (secondary N) is 1. The van der Waals surface area contributed by atoms with E-state index >= 15 is 0 Å². The number of amides is 1. The Bertz CT molecular complexity index is 1190. The SMILES string of the molecule is COc1cccc(-c2c(C#N)c(SCC(=O)NCc3ccccc3)nc3c2CN(C)CC3)c1. The van der Waals surface area contributed by atoms with Gasteiger partial charge in [-0.25, -0.2) is 4.98 Å². The smallest absolute Gasteiger partial charge is 0.230 e. The minimum Gasteiger partial charge on any atom is -0.497 e. The van der Waals surface area contributed by atoms with Gasteiger partial charge in [0, 0.05) is 37.3 Å². The van der Waals surface area contributed by atoms with Crippen molar-refractivity contribution in [2.75, 3.05) is 26.5 Å². The van der Waals surface area contributed by atoms with E-state index in [1.54, 1.807) is 7.11 Å². The molecule has 1 aromatic heterocycles. The van der Waals surface area contributed by atoms with Crippen LogP contribution < -0.4 is 10.1 Å².